The minimum Gasteiger partial charge on any atom is -0.449 e. The number of benzene rings is 1. The maximum atomic E-state index is 13.5. The summed E-state index contributed by atoms with van der Waals surface area (Å²) in [5.74, 6) is -0.260. The third-order valence-electron chi connectivity index (χ3n) is 11.1. The third kappa shape index (κ3) is 3.52. The van der Waals surface area contributed by atoms with Crippen molar-refractivity contribution in [3.05, 3.63) is 53.1 Å². The van der Waals surface area contributed by atoms with E-state index in [4.69, 9.17) is 4.74 Å². The Morgan fingerprint density at radius 2 is 1.90 bits per heavy atom. The SMILES string of the molecule is C[C@]12Cc3cnn(-c4ccc(F)cc4)c3C=C1CC[C@@H]1[C@@H]2[C@@H](O)C[C@@]2(C)[C@H]1CC[C@]2(OC(=O)C1CC1)C(=O)S. The topological polar surface area (TPSA) is 81.4 Å². The first kappa shape index (κ1) is 25.5. The third-order valence-corrected chi connectivity index (χ3v) is 11.5. The number of allylic oxidation sites excluding steroid dienone is 1. The smallest absolute Gasteiger partial charge is 0.309 e. The Bertz CT molecular complexity index is 1400. The van der Waals surface area contributed by atoms with Crippen molar-refractivity contribution in [2.45, 2.75) is 76.9 Å². The number of carbonyl (C=O) groups is 2. The highest BCUT2D eigenvalue weighted by molar-refractivity contribution is 7.96. The fourth-order valence-electron chi connectivity index (χ4n) is 9.10. The minimum absolute atomic E-state index is 0.0304. The first-order chi connectivity index (χ1) is 18.6. The van der Waals surface area contributed by atoms with Gasteiger partial charge in [0.15, 0.2) is 5.60 Å². The normalized spacial score (nSPS) is 38.6. The number of aromatic nitrogens is 2. The molecule has 6 nitrogen and oxygen atoms in total. The Balaban J connectivity index is 1.23. The van der Waals surface area contributed by atoms with Crippen molar-refractivity contribution in [3.8, 4) is 5.69 Å². The molecule has 5 aliphatic carbocycles. The summed E-state index contributed by atoms with van der Waals surface area (Å²) >= 11 is 4.28. The number of ether oxygens (including phenoxy) is 1. The van der Waals surface area contributed by atoms with Crippen molar-refractivity contribution in [2.75, 3.05) is 0 Å². The molecule has 4 saturated carbocycles. The van der Waals surface area contributed by atoms with Crippen LogP contribution >= 0.6 is 12.6 Å². The number of aliphatic hydroxyl groups is 1. The van der Waals surface area contributed by atoms with E-state index in [1.165, 1.54) is 17.7 Å². The summed E-state index contributed by atoms with van der Waals surface area (Å²) in [4.78, 5) is 25.9. The van der Waals surface area contributed by atoms with Crippen LogP contribution in [-0.2, 0) is 20.7 Å². The van der Waals surface area contributed by atoms with Crippen LogP contribution in [0.25, 0.3) is 11.8 Å². The molecule has 1 aromatic carbocycles. The highest BCUT2D eigenvalue weighted by Gasteiger charge is 2.70. The predicted molar refractivity (Wildman–Crippen MR) is 147 cm³/mol. The summed E-state index contributed by atoms with van der Waals surface area (Å²) in [7, 11) is 0. The van der Waals surface area contributed by atoms with Gasteiger partial charge in [-0.15, -0.1) is 12.6 Å². The van der Waals surface area contributed by atoms with Gasteiger partial charge in [-0.3, -0.25) is 9.59 Å². The molecule has 0 radical (unpaired) electrons. The maximum absolute atomic E-state index is 13.5. The number of thiol groups is 1. The van der Waals surface area contributed by atoms with Crippen molar-refractivity contribution in [1.29, 1.82) is 0 Å². The summed E-state index contributed by atoms with van der Waals surface area (Å²) in [6.45, 7) is 4.33. The van der Waals surface area contributed by atoms with Gasteiger partial charge >= 0.3 is 5.97 Å². The Morgan fingerprint density at radius 1 is 1.15 bits per heavy atom. The summed E-state index contributed by atoms with van der Waals surface area (Å²) in [5, 5.41) is 16.2. The molecule has 7 atom stereocenters. The standard InChI is InChI=1S/C31H35FN2O4S/c1-29-14-18-16-33-34(21-8-6-20(32)7-9-21)24(18)13-19(29)5-10-22-23-11-12-31(28(37)39,38-27(36)17-3-4-17)30(23,2)15-25(35)26(22)29/h6-9,13,16-17,22-23,25-26,35H,3-5,10-12,14-15H2,1-2H3,(H,37,39)/t22-,23-,25-,26+,29-,30-,31-/m0/s1. The van der Waals surface area contributed by atoms with Crippen molar-refractivity contribution < 1.29 is 23.8 Å². The average molecular weight is 551 g/mol. The number of hydrogen-bond acceptors (Lipinski definition) is 5. The Hall–Kier alpha value is -2.45. The zero-order valence-electron chi connectivity index (χ0n) is 22.4. The van der Waals surface area contributed by atoms with Gasteiger partial charge in [0.25, 0.3) is 0 Å². The molecule has 2 aromatic rings. The molecule has 206 valence electrons. The van der Waals surface area contributed by atoms with E-state index in [2.05, 4.69) is 37.7 Å². The average Bonchev–Trinajstić information content (AvgIpc) is 3.60. The van der Waals surface area contributed by atoms with Crippen molar-refractivity contribution in [2.24, 2.45) is 34.5 Å². The van der Waals surface area contributed by atoms with Crippen molar-refractivity contribution in [1.82, 2.24) is 9.78 Å². The molecule has 0 unspecified atom stereocenters. The number of aliphatic hydroxyl groups excluding tert-OH is 1. The highest BCUT2D eigenvalue weighted by Crippen LogP contribution is 2.68. The molecule has 0 aliphatic heterocycles. The van der Waals surface area contributed by atoms with Gasteiger partial charge in [-0.1, -0.05) is 19.4 Å². The van der Waals surface area contributed by atoms with Gasteiger partial charge in [-0.2, -0.15) is 5.10 Å². The predicted octanol–water partition coefficient (Wildman–Crippen LogP) is 5.31. The quantitative estimate of drug-likeness (QED) is 0.398. The van der Waals surface area contributed by atoms with Gasteiger partial charge in [0, 0.05) is 5.41 Å². The second kappa shape index (κ2) is 8.53. The van der Waals surface area contributed by atoms with E-state index in [-0.39, 0.29) is 46.0 Å². The molecule has 5 aliphatic rings. The summed E-state index contributed by atoms with van der Waals surface area (Å²) in [6.07, 6.45) is 9.38. The second-order valence-electron chi connectivity index (χ2n) is 13.1. The monoisotopic (exact) mass is 550 g/mol. The van der Waals surface area contributed by atoms with Crippen molar-refractivity contribution in [3.63, 3.8) is 0 Å². The molecular formula is C31H35FN2O4S. The first-order valence-electron chi connectivity index (χ1n) is 14.3. The Labute approximate surface area is 233 Å². The van der Waals surface area contributed by atoms with Gasteiger partial charge in [0.2, 0.25) is 5.12 Å². The maximum Gasteiger partial charge on any atom is 0.309 e. The molecule has 8 heteroatoms. The van der Waals surface area contributed by atoms with E-state index in [0.29, 0.717) is 12.8 Å². The van der Waals surface area contributed by atoms with Gasteiger partial charge in [0.05, 0.1) is 29.6 Å². The van der Waals surface area contributed by atoms with Crippen LogP contribution in [0.1, 0.15) is 70.1 Å². The number of esters is 1. The molecular weight excluding hydrogens is 515 g/mol. The van der Waals surface area contributed by atoms with E-state index in [1.54, 1.807) is 12.1 Å². The molecule has 7 rings (SSSR count). The van der Waals surface area contributed by atoms with Crippen LogP contribution in [-0.4, -0.2) is 37.7 Å². The lowest BCUT2D eigenvalue weighted by molar-refractivity contribution is -0.197. The van der Waals surface area contributed by atoms with Crippen LogP contribution in [0.3, 0.4) is 0 Å². The molecule has 4 fully saturated rings. The number of rotatable bonds is 4. The molecule has 1 aromatic heterocycles. The van der Waals surface area contributed by atoms with Crippen LogP contribution in [0.4, 0.5) is 4.39 Å². The molecule has 0 bridgehead atoms. The lowest BCUT2D eigenvalue weighted by Crippen LogP contribution is -2.62. The minimum atomic E-state index is -1.28. The molecule has 1 N–H and O–H groups in total. The molecule has 0 amide bonds. The number of halogens is 1. The van der Waals surface area contributed by atoms with E-state index in [0.717, 1.165) is 55.5 Å². The van der Waals surface area contributed by atoms with Gasteiger partial charge in [-0.05, 0) is 110 Å². The number of fused-ring (bicyclic) bond motifs is 6. The summed E-state index contributed by atoms with van der Waals surface area (Å²) in [6, 6.07) is 6.37. The lowest BCUT2D eigenvalue weighted by atomic mass is 9.45. The van der Waals surface area contributed by atoms with Gasteiger partial charge in [-0.25, -0.2) is 9.07 Å². The molecule has 0 spiro atoms. The van der Waals surface area contributed by atoms with Gasteiger partial charge < -0.3 is 9.84 Å². The molecule has 1 heterocycles. The van der Waals surface area contributed by atoms with Crippen LogP contribution in [0, 0.1) is 40.3 Å². The van der Waals surface area contributed by atoms with Crippen LogP contribution < -0.4 is 0 Å². The van der Waals surface area contributed by atoms with E-state index in [1.807, 2.05) is 10.9 Å². The highest BCUT2D eigenvalue weighted by atomic mass is 32.1. The Kier molecular flexibility index (Phi) is 5.58. The summed E-state index contributed by atoms with van der Waals surface area (Å²) < 4.78 is 21.5. The fourth-order valence-corrected chi connectivity index (χ4v) is 9.51. The van der Waals surface area contributed by atoms with Crippen molar-refractivity contribution >= 4 is 29.8 Å². The van der Waals surface area contributed by atoms with Crippen LogP contribution in [0.15, 0.2) is 36.0 Å². The lowest BCUT2D eigenvalue weighted by Gasteiger charge is -2.60. The fraction of sp³-hybridized carbons (Fsp3) is 0.581. The number of carbonyl (C=O) groups excluding carboxylic acids is 2. The number of hydrogen-bond donors (Lipinski definition) is 2. The van der Waals surface area contributed by atoms with Gasteiger partial charge in [0.1, 0.15) is 5.82 Å². The number of nitrogens with zero attached hydrogens (tertiary/aromatic N) is 2. The second-order valence-corrected chi connectivity index (χ2v) is 13.5. The Morgan fingerprint density at radius 3 is 2.59 bits per heavy atom. The first-order valence-corrected chi connectivity index (χ1v) is 14.7. The summed E-state index contributed by atoms with van der Waals surface area (Å²) in [5.41, 5.74) is 2.11. The van der Waals surface area contributed by atoms with Crippen LogP contribution in [0.5, 0.6) is 0 Å². The zero-order chi connectivity index (χ0) is 27.3. The largest absolute Gasteiger partial charge is 0.449 e. The molecule has 0 saturated heterocycles. The van der Waals surface area contributed by atoms with E-state index >= 15 is 0 Å². The molecule has 39 heavy (non-hydrogen) atoms. The van der Waals surface area contributed by atoms with Crippen LogP contribution in [0.2, 0.25) is 0 Å². The van der Waals surface area contributed by atoms with E-state index in [9.17, 15) is 19.1 Å². The van der Waals surface area contributed by atoms with E-state index < -0.39 is 17.1 Å². The zero-order valence-corrected chi connectivity index (χ0v) is 23.3.